The molecule has 2 heterocycles. The van der Waals surface area contributed by atoms with Crippen molar-refractivity contribution in [2.24, 2.45) is 0 Å². The van der Waals surface area contributed by atoms with Crippen LogP contribution in [0.5, 0.6) is 0 Å². The van der Waals surface area contributed by atoms with Crippen LogP contribution in [0.2, 0.25) is 37.3 Å². The van der Waals surface area contributed by atoms with E-state index in [1.807, 2.05) is 0 Å². The molecule has 2 aromatic carbocycles. The fourth-order valence-electron chi connectivity index (χ4n) is 4.80. The van der Waals surface area contributed by atoms with E-state index in [1.54, 1.807) is 21.5 Å². The largest absolute Gasteiger partial charge is 4.00 e. The molecule has 0 radical (unpaired) electrons. The van der Waals surface area contributed by atoms with Gasteiger partial charge in [0.25, 0.3) is 0 Å². The fourth-order valence-corrected chi connectivity index (χ4v) is 10.8. The van der Waals surface area contributed by atoms with Gasteiger partial charge < -0.3 is 24.8 Å². The van der Waals surface area contributed by atoms with Crippen molar-refractivity contribution in [3.8, 4) is 0 Å². The Bertz CT molecular complexity index is 667. The zero-order valence-electron chi connectivity index (χ0n) is 20.2. The minimum Gasteiger partial charge on any atom is -1.00 e. The predicted octanol–water partition coefficient (Wildman–Crippen LogP) is 0.880. The first-order valence-electron chi connectivity index (χ1n) is 12.0. The van der Waals surface area contributed by atoms with Crippen LogP contribution in [0.15, 0.2) is 36.4 Å². The molecular formula is C26H42Cl2Si2Ti. The van der Waals surface area contributed by atoms with Crippen molar-refractivity contribution in [1.29, 1.82) is 0 Å². The molecule has 0 unspecified atom stereocenters. The summed E-state index contributed by atoms with van der Waals surface area (Å²) in [6, 6.07) is 20.7. The number of aryl methyl sites for hydroxylation is 2. The van der Waals surface area contributed by atoms with Crippen molar-refractivity contribution < 1.29 is 46.5 Å². The number of halogens is 2. The molecular weight excluding hydrogens is 487 g/mol. The standard InChI is InChI=1S/2C13H21Si.2ClH.Ti/c2*1-3-4-6-12-7-8-13(11-12)14(2)9-5-10-14;;;/h2*7-8,11H,3-6,9-10H2,1-2H3;2*1H;/q2*-1;;;+4/p-2. The molecule has 2 saturated heterocycles. The summed E-state index contributed by atoms with van der Waals surface area (Å²) in [6.45, 7) is 9.64. The Kier molecular flexibility index (Phi) is 14.8. The van der Waals surface area contributed by atoms with Gasteiger partial charge in [0.2, 0.25) is 0 Å². The van der Waals surface area contributed by atoms with Gasteiger partial charge in [-0.2, -0.15) is 35.4 Å². The van der Waals surface area contributed by atoms with Crippen molar-refractivity contribution in [1.82, 2.24) is 0 Å². The molecule has 0 nitrogen and oxygen atoms in total. The van der Waals surface area contributed by atoms with Gasteiger partial charge in [0.15, 0.2) is 0 Å². The van der Waals surface area contributed by atoms with Gasteiger partial charge in [0.05, 0.1) is 0 Å². The Hall–Kier alpha value is 0.428. The smallest absolute Gasteiger partial charge is 1.00 e. The van der Waals surface area contributed by atoms with E-state index in [-0.39, 0.29) is 46.5 Å². The van der Waals surface area contributed by atoms with Gasteiger partial charge in [-0.05, 0) is 0 Å². The van der Waals surface area contributed by atoms with Crippen LogP contribution in [0.1, 0.15) is 63.5 Å². The topological polar surface area (TPSA) is 0 Å². The quantitative estimate of drug-likeness (QED) is 0.352. The van der Waals surface area contributed by atoms with Crippen molar-refractivity contribution >= 4 is 26.5 Å². The summed E-state index contributed by atoms with van der Waals surface area (Å²) in [5, 5.41) is 3.46. The minimum absolute atomic E-state index is 0. The molecule has 172 valence electrons. The molecule has 4 rings (SSSR count). The Morgan fingerprint density at radius 3 is 1.32 bits per heavy atom. The Morgan fingerprint density at radius 1 is 0.710 bits per heavy atom. The summed E-state index contributed by atoms with van der Waals surface area (Å²) < 4.78 is 0. The second-order valence-electron chi connectivity index (χ2n) is 10.1. The first kappa shape index (κ1) is 31.4. The van der Waals surface area contributed by atoms with E-state index in [9.17, 15) is 0 Å². The van der Waals surface area contributed by atoms with E-state index < -0.39 is 16.1 Å². The van der Waals surface area contributed by atoms with Gasteiger partial charge >= 0.3 is 21.7 Å². The van der Waals surface area contributed by atoms with Gasteiger partial charge in [0.1, 0.15) is 0 Å². The van der Waals surface area contributed by atoms with Crippen LogP contribution in [0.25, 0.3) is 0 Å². The number of rotatable bonds is 8. The Balaban J connectivity index is 0.000000529. The summed E-state index contributed by atoms with van der Waals surface area (Å²) in [7, 11) is -1.78. The zero-order valence-corrected chi connectivity index (χ0v) is 25.3. The molecule has 0 aliphatic carbocycles. The molecule has 0 N–H and O–H groups in total. The molecule has 2 aliphatic rings. The minimum atomic E-state index is -0.891. The molecule has 2 fully saturated rings. The van der Waals surface area contributed by atoms with Gasteiger partial charge in [-0.1, -0.05) is 102 Å². The third-order valence-electron chi connectivity index (χ3n) is 7.58. The molecule has 5 heteroatoms. The molecule has 0 bridgehead atoms. The van der Waals surface area contributed by atoms with Crippen LogP contribution in [0.4, 0.5) is 0 Å². The van der Waals surface area contributed by atoms with Gasteiger partial charge in [-0.25, -0.2) is 22.5 Å². The summed E-state index contributed by atoms with van der Waals surface area (Å²) in [5.74, 6) is 0. The molecule has 0 atom stereocenters. The van der Waals surface area contributed by atoms with Crippen LogP contribution >= 0.6 is 0 Å². The maximum atomic E-state index is 2.55. The SMILES string of the molecule is CCCC[c-]1ccc([Si]2(C)CCC2)c1.CCCC[c-]1ccc([Si]2(C)CCC2)c1.[Cl-].[Cl-].[Ti+4]. The van der Waals surface area contributed by atoms with Crippen LogP contribution in [0.3, 0.4) is 0 Å². The van der Waals surface area contributed by atoms with Crippen molar-refractivity contribution in [3.63, 3.8) is 0 Å². The maximum absolute atomic E-state index is 2.55. The van der Waals surface area contributed by atoms with Crippen molar-refractivity contribution in [2.45, 2.75) is 102 Å². The molecule has 2 aromatic rings. The number of hydrogen-bond donors (Lipinski definition) is 0. The average molecular weight is 530 g/mol. The van der Waals surface area contributed by atoms with Gasteiger partial charge in [-0.15, -0.1) is 0 Å². The third kappa shape index (κ3) is 8.30. The monoisotopic (exact) mass is 528 g/mol. The van der Waals surface area contributed by atoms with Crippen molar-refractivity contribution in [3.05, 3.63) is 47.5 Å². The predicted molar refractivity (Wildman–Crippen MR) is 132 cm³/mol. The zero-order chi connectivity index (χ0) is 20.0. The first-order chi connectivity index (χ1) is 13.5. The van der Waals surface area contributed by atoms with Crippen LogP contribution in [0, 0.1) is 0 Å². The molecule has 0 amide bonds. The summed E-state index contributed by atoms with van der Waals surface area (Å²) >= 11 is 0. The van der Waals surface area contributed by atoms with E-state index in [0.29, 0.717) is 0 Å². The van der Waals surface area contributed by atoms with Gasteiger partial charge in [0, 0.05) is 16.1 Å². The summed E-state index contributed by atoms with van der Waals surface area (Å²) in [6.07, 6.45) is 10.9. The second-order valence-corrected chi connectivity index (χ2v) is 19.4. The summed E-state index contributed by atoms with van der Waals surface area (Å²) in [5.41, 5.74) is 3.17. The van der Waals surface area contributed by atoms with Crippen LogP contribution in [-0.2, 0) is 34.6 Å². The number of unbranched alkanes of at least 4 members (excludes halogenated alkanes) is 2. The molecule has 31 heavy (non-hydrogen) atoms. The maximum Gasteiger partial charge on any atom is 4.00 e. The first-order valence-corrected chi connectivity index (χ1v) is 17.8. The van der Waals surface area contributed by atoms with E-state index in [1.165, 1.54) is 75.5 Å². The van der Waals surface area contributed by atoms with Crippen LogP contribution < -0.4 is 35.2 Å². The Labute approximate surface area is 221 Å². The molecule has 0 saturated carbocycles. The van der Waals surface area contributed by atoms with E-state index in [0.717, 1.165) is 0 Å². The molecule has 0 spiro atoms. The summed E-state index contributed by atoms with van der Waals surface area (Å²) in [4.78, 5) is 0. The molecule has 0 aromatic heterocycles. The fraction of sp³-hybridized carbons (Fsp3) is 0.615. The normalized spacial score (nSPS) is 17.4. The van der Waals surface area contributed by atoms with E-state index in [2.05, 4.69) is 63.3 Å². The van der Waals surface area contributed by atoms with Crippen molar-refractivity contribution in [2.75, 3.05) is 0 Å². The van der Waals surface area contributed by atoms with E-state index >= 15 is 0 Å². The average Bonchev–Trinajstić information content (AvgIpc) is 3.31. The van der Waals surface area contributed by atoms with Crippen LogP contribution in [-0.4, -0.2) is 16.1 Å². The van der Waals surface area contributed by atoms with E-state index in [4.69, 9.17) is 0 Å². The molecule has 2 aliphatic heterocycles. The van der Waals surface area contributed by atoms with Gasteiger partial charge in [-0.3, -0.25) is 0 Å². The third-order valence-corrected chi connectivity index (χ3v) is 16.8. The second kappa shape index (κ2) is 14.6. The Morgan fingerprint density at radius 2 is 1.06 bits per heavy atom. The number of hydrogen-bond acceptors (Lipinski definition) is 0.